The number of fused-ring (bicyclic) bond motifs is 1. The van der Waals surface area contributed by atoms with E-state index >= 15 is 0 Å². The van der Waals surface area contributed by atoms with E-state index in [1.54, 1.807) is 56.5 Å². The molecule has 3 aromatic carbocycles. The molecular formula is C24H24N2O4S. The van der Waals surface area contributed by atoms with E-state index in [2.05, 4.69) is 9.97 Å². The molecule has 1 N–H and O–H groups in total. The minimum atomic E-state index is -3.46. The molecule has 4 rings (SSSR count). The van der Waals surface area contributed by atoms with E-state index in [0.717, 1.165) is 11.1 Å². The molecule has 1 heterocycles. The van der Waals surface area contributed by atoms with Crippen molar-refractivity contribution in [2.45, 2.75) is 24.5 Å². The third kappa shape index (κ3) is 4.88. The molecule has 31 heavy (non-hydrogen) atoms. The first-order valence-electron chi connectivity index (χ1n) is 9.95. The zero-order valence-electron chi connectivity index (χ0n) is 17.4. The third-order valence-corrected chi connectivity index (χ3v) is 7.24. The predicted octanol–water partition coefficient (Wildman–Crippen LogP) is 4.83. The monoisotopic (exact) mass is 436 g/mol. The lowest BCUT2D eigenvalue weighted by Gasteiger charge is -2.13. The maximum absolute atomic E-state index is 13.0. The number of imidazole rings is 1. The van der Waals surface area contributed by atoms with Gasteiger partial charge >= 0.3 is 0 Å². The molecule has 1 atom stereocenters. The number of hydrogen-bond donors (Lipinski definition) is 1. The van der Waals surface area contributed by atoms with Gasteiger partial charge in [0, 0.05) is 6.07 Å². The number of aromatic nitrogens is 2. The number of ether oxygens (including phenoxy) is 2. The van der Waals surface area contributed by atoms with Crippen LogP contribution in [0.4, 0.5) is 0 Å². The number of H-pyrrole nitrogens is 1. The van der Waals surface area contributed by atoms with E-state index in [0.29, 0.717) is 35.0 Å². The third-order valence-electron chi connectivity index (χ3n) is 5.21. The zero-order chi connectivity index (χ0) is 21.8. The van der Waals surface area contributed by atoms with Gasteiger partial charge in [-0.2, -0.15) is 0 Å². The quantitative estimate of drug-likeness (QED) is 0.428. The second-order valence-corrected chi connectivity index (χ2v) is 9.68. The van der Waals surface area contributed by atoms with Gasteiger partial charge in [0.1, 0.15) is 29.7 Å². The molecule has 1 unspecified atom stereocenters. The van der Waals surface area contributed by atoms with Crippen molar-refractivity contribution in [1.29, 1.82) is 0 Å². The highest BCUT2D eigenvalue weighted by Gasteiger charge is 2.24. The number of rotatable bonds is 8. The van der Waals surface area contributed by atoms with Crippen molar-refractivity contribution in [3.05, 3.63) is 89.7 Å². The van der Waals surface area contributed by atoms with Crippen molar-refractivity contribution in [1.82, 2.24) is 9.97 Å². The van der Waals surface area contributed by atoms with Crippen LogP contribution in [0.25, 0.3) is 11.0 Å². The first-order valence-corrected chi connectivity index (χ1v) is 11.7. The Bertz CT molecular complexity index is 1270. The average molecular weight is 437 g/mol. The van der Waals surface area contributed by atoms with Crippen molar-refractivity contribution in [2.24, 2.45) is 0 Å². The molecule has 1 aromatic heterocycles. The fourth-order valence-corrected chi connectivity index (χ4v) is 4.68. The Morgan fingerprint density at radius 1 is 0.968 bits per heavy atom. The Morgan fingerprint density at radius 3 is 2.39 bits per heavy atom. The normalized spacial score (nSPS) is 12.6. The van der Waals surface area contributed by atoms with Gasteiger partial charge in [-0.1, -0.05) is 42.5 Å². The van der Waals surface area contributed by atoms with E-state index in [-0.39, 0.29) is 5.75 Å². The first-order chi connectivity index (χ1) is 14.9. The molecule has 0 spiro atoms. The number of hydrogen-bond acceptors (Lipinski definition) is 5. The molecule has 0 aliphatic heterocycles. The van der Waals surface area contributed by atoms with E-state index < -0.39 is 15.1 Å². The summed E-state index contributed by atoms with van der Waals surface area (Å²) in [5, 5.41) is -0.668. The molecule has 0 saturated heterocycles. The number of nitrogens with one attached hydrogen (secondary N) is 1. The minimum absolute atomic E-state index is 0.169. The lowest BCUT2D eigenvalue weighted by Crippen LogP contribution is -2.13. The van der Waals surface area contributed by atoms with Crippen molar-refractivity contribution >= 4 is 20.9 Å². The van der Waals surface area contributed by atoms with Crippen LogP contribution < -0.4 is 9.47 Å². The van der Waals surface area contributed by atoms with Crippen molar-refractivity contribution in [3.8, 4) is 11.5 Å². The summed E-state index contributed by atoms with van der Waals surface area (Å²) >= 11 is 0. The van der Waals surface area contributed by atoms with Gasteiger partial charge in [-0.25, -0.2) is 13.4 Å². The van der Waals surface area contributed by atoms with Gasteiger partial charge in [-0.15, -0.1) is 0 Å². The lowest BCUT2D eigenvalue weighted by molar-refractivity contribution is 0.306. The Morgan fingerprint density at radius 2 is 1.68 bits per heavy atom. The van der Waals surface area contributed by atoms with Gasteiger partial charge in [0.15, 0.2) is 9.84 Å². The summed E-state index contributed by atoms with van der Waals surface area (Å²) in [6, 6.07) is 22.5. The number of aromatic amines is 1. The van der Waals surface area contributed by atoms with E-state index in [1.165, 1.54) is 0 Å². The Hall–Kier alpha value is -3.32. The largest absolute Gasteiger partial charge is 0.497 e. The van der Waals surface area contributed by atoms with Crippen LogP contribution in [-0.4, -0.2) is 25.5 Å². The van der Waals surface area contributed by atoms with Crippen LogP contribution in [0, 0.1) is 0 Å². The summed E-state index contributed by atoms with van der Waals surface area (Å²) in [5.74, 6) is 1.63. The summed E-state index contributed by atoms with van der Waals surface area (Å²) in [6.45, 7) is 2.16. The van der Waals surface area contributed by atoms with Gasteiger partial charge in [0.05, 0.1) is 23.4 Å². The van der Waals surface area contributed by atoms with Gasteiger partial charge < -0.3 is 14.5 Å². The molecule has 0 fully saturated rings. The number of methoxy groups -OCH3 is 1. The molecule has 0 amide bonds. The maximum atomic E-state index is 13.0. The second-order valence-electron chi connectivity index (χ2n) is 7.36. The Labute approximate surface area is 181 Å². The molecule has 7 heteroatoms. The molecule has 0 aliphatic rings. The van der Waals surface area contributed by atoms with Crippen LogP contribution in [0.5, 0.6) is 11.5 Å². The fraction of sp³-hybridized carbons (Fsp3) is 0.208. The fourth-order valence-electron chi connectivity index (χ4n) is 3.34. The van der Waals surface area contributed by atoms with E-state index in [9.17, 15) is 8.42 Å². The molecule has 0 bridgehead atoms. The average Bonchev–Trinajstić information content (AvgIpc) is 3.18. The highest BCUT2D eigenvalue weighted by atomic mass is 32.2. The smallest absolute Gasteiger partial charge is 0.164 e. The lowest BCUT2D eigenvalue weighted by atomic mass is 10.1. The van der Waals surface area contributed by atoms with Crippen molar-refractivity contribution in [2.75, 3.05) is 7.11 Å². The highest BCUT2D eigenvalue weighted by Crippen LogP contribution is 2.27. The number of sulfone groups is 1. The SMILES string of the molecule is COc1ccc2nc(CS(=O)(=O)C(C)c3ccc(OCc4ccccc4)cc3)[nH]c2c1. The van der Waals surface area contributed by atoms with Gasteiger partial charge in [-0.3, -0.25) is 0 Å². The minimum Gasteiger partial charge on any atom is -0.497 e. The van der Waals surface area contributed by atoms with Crippen LogP contribution in [-0.2, 0) is 22.2 Å². The molecular weight excluding hydrogens is 412 g/mol. The topological polar surface area (TPSA) is 81.3 Å². The first kappa shape index (κ1) is 20.9. The number of nitrogens with zero attached hydrogens (tertiary/aromatic N) is 1. The van der Waals surface area contributed by atoms with E-state index in [1.807, 2.05) is 30.3 Å². The van der Waals surface area contributed by atoms with Crippen LogP contribution >= 0.6 is 0 Å². The van der Waals surface area contributed by atoms with Gasteiger partial charge in [0.25, 0.3) is 0 Å². The van der Waals surface area contributed by atoms with Crippen LogP contribution in [0.15, 0.2) is 72.8 Å². The number of benzene rings is 3. The summed E-state index contributed by atoms with van der Waals surface area (Å²) in [5.41, 5.74) is 3.24. The Balaban J connectivity index is 1.44. The maximum Gasteiger partial charge on any atom is 0.164 e. The second kappa shape index (κ2) is 8.81. The Kier molecular flexibility index (Phi) is 5.95. The van der Waals surface area contributed by atoms with Crippen LogP contribution in [0.3, 0.4) is 0 Å². The molecule has 0 saturated carbocycles. The van der Waals surface area contributed by atoms with E-state index in [4.69, 9.17) is 9.47 Å². The standard InChI is InChI=1S/C24H24N2O4S/c1-17(19-8-10-20(11-9-19)30-15-18-6-4-3-5-7-18)31(27,28)16-24-25-22-13-12-21(29-2)14-23(22)26-24/h3-14,17H,15-16H2,1-2H3,(H,25,26). The molecule has 160 valence electrons. The van der Waals surface area contributed by atoms with Crippen LogP contribution in [0.1, 0.15) is 29.1 Å². The van der Waals surface area contributed by atoms with Crippen molar-refractivity contribution < 1.29 is 17.9 Å². The molecule has 0 radical (unpaired) electrons. The summed E-state index contributed by atoms with van der Waals surface area (Å²) in [4.78, 5) is 7.49. The summed E-state index contributed by atoms with van der Waals surface area (Å²) in [7, 11) is -1.88. The molecule has 6 nitrogen and oxygen atoms in total. The van der Waals surface area contributed by atoms with Gasteiger partial charge in [-0.05, 0) is 42.3 Å². The van der Waals surface area contributed by atoms with Gasteiger partial charge in [0.2, 0.25) is 0 Å². The summed E-state index contributed by atoms with van der Waals surface area (Å²) < 4.78 is 37.0. The molecule has 4 aromatic rings. The van der Waals surface area contributed by atoms with Crippen molar-refractivity contribution in [3.63, 3.8) is 0 Å². The zero-order valence-corrected chi connectivity index (χ0v) is 18.2. The molecule has 0 aliphatic carbocycles. The van der Waals surface area contributed by atoms with Crippen LogP contribution in [0.2, 0.25) is 0 Å². The highest BCUT2D eigenvalue weighted by molar-refractivity contribution is 7.90. The summed E-state index contributed by atoms with van der Waals surface area (Å²) in [6.07, 6.45) is 0. The predicted molar refractivity (Wildman–Crippen MR) is 121 cm³/mol.